The molecule has 1 fully saturated rings. The van der Waals surface area contributed by atoms with E-state index >= 15 is 0 Å². The number of ether oxygens (including phenoxy) is 1. The molecule has 0 saturated carbocycles. The summed E-state index contributed by atoms with van der Waals surface area (Å²) >= 11 is 1.68. The molecule has 3 heterocycles. The van der Waals surface area contributed by atoms with Crippen LogP contribution in [-0.4, -0.2) is 41.4 Å². The molecule has 1 unspecified atom stereocenters. The zero-order valence-electron chi connectivity index (χ0n) is 13.6. The van der Waals surface area contributed by atoms with Gasteiger partial charge in [0.2, 0.25) is 0 Å². The number of thioether (sulfide) groups is 1. The molecular formula is C18H21N3OS. The number of fused-ring (bicyclic) bond motifs is 2. The van der Waals surface area contributed by atoms with E-state index < -0.39 is 0 Å². The monoisotopic (exact) mass is 327 g/mol. The Morgan fingerprint density at radius 1 is 1.39 bits per heavy atom. The summed E-state index contributed by atoms with van der Waals surface area (Å²) in [6.07, 6.45) is 2.66. The Hall–Kier alpha value is -1.59. The molecule has 5 heteroatoms. The van der Waals surface area contributed by atoms with Gasteiger partial charge in [0.05, 0.1) is 11.6 Å². The first-order valence-corrected chi connectivity index (χ1v) is 8.96. The van der Waals surface area contributed by atoms with Crippen molar-refractivity contribution in [2.24, 2.45) is 4.99 Å². The Kier molecular flexibility index (Phi) is 3.99. The lowest BCUT2D eigenvalue weighted by Gasteiger charge is -2.32. The number of pyridine rings is 1. The highest BCUT2D eigenvalue weighted by Gasteiger charge is 2.27. The third-order valence-corrected chi connectivity index (χ3v) is 5.64. The van der Waals surface area contributed by atoms with Crippen LogP contribution >= 0.6 is 11.8 Å². The molecule has 120 valence electrons. The van der Waals surface area contributed by atoms with Crippen LogP contribution in [0.15, 0.2) is 34.3 Å². The molecule has 4 rings (SSSR count). The first kappa shape index (κ1) is 15.0. The largest absolute Gasteiger partial charge is 0.376 e. The van der Waals surface area contributed by atoms with Gasteiger partial charge in [0, 0.05) is 37.7 Å². The van der Waals surface area contributed by atoms with Crippen molar-refractivity contribution in [1.29, 1.82) is 0 Å². The minimum absolute atomic E-state index is 0.338. The molecule has 2 aliphatic rings. The lowest BCUT2D eigenvalue weighted by molar-refractivity contribution is 0.0903. The van der Waals surface area contributed by atoms with Crippen LogP contribution in [0.5, 0.6) is 0 Å². The summed E-state index contributed by atoms with van der Waals surface area (Å²) in [5.74, 6) is 0. The van der Waals surface area contributed by atoms with Crippen molar-refractivity contribution < 1.29 is 4.74 Å². The van der Waals surface area contributed by atoms with Crippen molar-refractivity contribution >= 4 is 27.8 Å². The molecule has 0 N–H and O–H groups in total. The van der Waals surface area contributed by atoms with E-state index in [9.17, 15) is 0 Å². The van der Waals surface area contributed by atoms with Crippen LogP contribution in [0.2, 0.25) is 0 Å². The molecule has 0 bridgehead atoms. The van der Waals surface area contributed by atoms with Crippen LogP contribution in [-0.2, 0) is 11.3 Å². The first-order valence-electron chi connectivity index (χ1n) is 8.14. The fourth-order valence-corrected chi connectivity index (χ4v) is 4.24. The predicted octanol–water partition coefficient (Wildman–Crippen LogP) is 3.62. The van der Waals surface area contributed by atoms with Gasteiger partial charge >= 0.3 is 0 Å². The highest BCUT2D eigenvalue weighted by Crippen LogP contribution is 2.33. The third-order valence-electron chi connectivity index (χ3n) is 4.47. The second kappa shape index (κ2) is 6.13. The van der Waals surface area contributed by atoms with Crippen LogP contribution in [0.4, 0.5) is 0 Å². The smallest absolute Gasteiger partial charge is 0.165 e. The number of nitrogens with zero attached hydrogens (tertiary/aromatic N) is 3. The zero-order valence-corrected chi connectivity index (χ0v) is 14.4. The SMILES string of the molecule is CN=C1Sc2nc3ccc(C)cc3cc2CN1CC1CCCO1. The topological polar surface area (TPSA) is 37.7 Å². The van der Waals surface area contributed by atoms with E-state index in [1.165, 1.54) is 22.9 Å². The minimum atomic E-state index is 0.338. The second-order valence-electron chi connectivity index (χ2n) is 6.27. The number of amidine groups is 1. The van der Waals surface area contributed by atoms with Gasteiger partial charge in [-0.15, -0.1) is 0 Å². The first-order chi connectivity index (χ1) is 11.2. The van der Waals surface area contributed by atoms with Gasteiger partial charge in [0.15, 0.2) is 5.17 Å². The molecule has 0 radical (unpaired) electrons. The Morgan fingerprint density at radius 3 is 3.09 bits per heavy atom. The Bertz CT molecular complexity index is 768. The van der Waals surface area contributed by atoms with Crippen molar-refractivity contribution in [2.45, 2.75) is 37.4 Å². The second-order valence-corrected chi connectivity index (χ2v) is 7.23. The van der Waals surface area contributed by atoms with Crippen LogP contribution in [0, 0.1) is 6.92 Å². The summed E-state index contributed by atoms with van der Waals surface area (Å²) in [4.78, 5) is 11.7. The summed E-state index contributed by atoms with van der Waals surface area (Å²) < 4.78 is 5.80. The van der Waals surface area contributed by atoms with Crippen molar-refractivity contribution in [3.05, 3.63) is 35.4 Å². The molecule has 0 amide bonds. The summed E-state index contributed by atoms with van der Waals surface area (Å²) in [5, 5.41) is 3.36. The van der Waals surface area contributed by atoms with E-state index in [-0.39, 0.29) is 0 Å². The average molecular weight is 327 g/mol. The lowest BCUT2D eigenvalue weighted by atomic mass is 10.1. The highest BCUT2D eigenvalue weighted by atomic mass is 32.2. The standard InChI is InChI=1S/C18H21N3OS/c1-12-5-6-16-13(8-12)9-14-10-21(11-15-4-3-7-22-15)18(19-2)23-17(14)20-16/h5-6,8-9,15H,3-4,7,10-11H2,1-2H3. The van der Waals surface area contributed by atoms with Gasteiger partial charge < -0.3 is 9.64 Å². The molecule has 0 spiro atoms. The normalized spacial score (nSPS) is 22.8. The summed E-state index contributed by atoms with van der Waals surface area (Å²) in [5.41, 5.74) is 3.62. The van der Waals surface area contributed by atoms with Crippen molar-refractivity contribution in [1.82, 2.24) is 9.88 Å². The molecule has 0 aliphatic carbocycles. The van der Waals surface area contributed by atoms with Crippen molar-refractivity contribution in [3.8, 4) is 0 Å². The highest BCUT2D eigenvalue weighted by molar-refractivity contribution is 8.13. The maximum Gasteiger partial charge on any atom is 0.165 e. The van der Waals surface area contributed by atoms with E-state index in [1.54, 1.807) is 11.8 Å². The molecule has 1 aromatic heterocycles. The Morgan fingerprint density at radius 2 is 2.30 bits per heavy atom. The third kappa shape index (κ3) is 2.95. The summed E-state index contributed by atoms with van der Waals surface area (Å²) in [6.45, 7) is 4.81. The molecule has 1 atom stereocenters. The lowest BCUT2D eigenvalue weighted by Crippen LogP contribution is -2.37. The molecule has 1 saturated heterocycles. The number of hydrogen-bond acceptors (Lipinski definition) is 4. The number of aromatic nitrogens is 1. The van der Waals surface area contributed by atoms with Gasteiger partial charge in [0.1, 0.15) is 5.03 Å². The predicted molar refractivity (Wildman–Crippen MR) is 95.1 cm³/mol. The number of benzene rings is 1. The quantitative estimate of drug-likeness (QED) is 0.844. The maximum absolute atomic E-state index is 5.80. The van der Waals surface area contributed by atoms with E-state index in [0.717, 1.165) is 41.8 Å². The van der Waals surface area contributed by atoms with Crippen LogP contribution in [0.1, 0.15) is 24.0 Å². The molecule has 1 aromatic carbocycles. The number of aliphatic imine (C=N–C) groups is 1. The van der Waals surface area contributed by atoms with E-state index in [4.69, 9.17) is 9.72 Å². The van der Waals surface area contributed by atoms with Crippen molar-refractivity contribution in [2.75, 3.05) is 20.2 Å². The zero-order chi connectivity index (χ0) is 15.8. The van der Waals surface area contributed by atoms with Gasteiger partial charge in [-0.1, -0.05) is 11.6 Å². The van der Waals surface area contributed by atoms with Gasteiger partial charge in [-0.05, 0) is 49.7 Å². The Balaban J connectivity index is 1.67. The van der Waals surface area contributed by atoms with E-state index in [0.29, 0.717) is 6.10 Å². The molecule has 2 aromatic rings. The van der Waals surface area contributed by atoms with Gasteiger partial charge in [-0.3, -0.25) is 4.99 Å². The van der Waals surface area contributed by atoms with Crippen molar-refractivity contribution in [3.63, 3.8) is 0 Å². The number of rotatable bonds is 2. The van der Waals surface area contributed by atoms with Crippen LogP contribution < -0.4 is 0 Å². The summed E-state index contributed by atoms with van der Waals surface area (Å²) in [7, 11) is 1.86. The van der Waals surface area contributed by atoms with Gasteiger partial charge in [-0.2, -0.15) is 0 Å². The van der Waals surface area contributed by atoms with Gasteiger partial charge in [-0.25, -0.2) is 4.98 Å². The Labute approximate surface area is 140 Å². The van der Waals surface area contributed by atoms with E-state index in [1.807, 2.05) is 7.05 Å². The molecular weight excluding hydrogens is 306 g/mol. The average Bonchev–Trinajstić information content (AvgIpc) is 3.05. The fraction of sp³-hybridized carbons (Fsp3) is 0.444. The molecule has 2 aliphatic heterocycles. The maximum atomic E-state index is 5.80. The van der Waals surface area contributed by atoms with Gasteiger partial charge in [0.25, 0.3) is 0 Å². The van der Waals surface area contributed by atoms with Crippen LogP contribution in [0.3, 0.4) is 0 Å². The molecule has 23 heavy (non-hydrogen) atoms. The fourth-order valence-electron chi connectivity index (χ4n) is 3.31. The number of aryl methyl sites for hydroxylation is 1. The molecule has 4 nitrogen and oxygen atoms in total. The minimum Gasteiger partial charge on any atom is -0.376 e. The van der Waals surface area contributed by atoms with E-state index in [2.05, 4.69) is 41.1 Å². The van der Waals surface area contributed by atoms with Crippen LogP contribution in [0.25, 0.3) is 10.9 Å². The number of hydrogen-bond donors (Lipinski definition) is 0. The summed E-state index contributed by atoms with van der Waals surface area (Å²) in [6, 6.07) is 8.72.